The predicted octanol–water partition coefficient (Wildman–Crippen LogP) is 4.93. The summed E-state index contributed by atoms with van der Waals surface area (Å²) in [6.45, 7) is 4.29. The summed E-state index contributed by atoms with van der Waals surface area (Å²) < 4.78 is 10.9. The molecule has 0 aromatic heterocycles. The Labute approximate surface area is 165 Å². The van der Waals surface area contributed by atoms with Gasteiger partial charge in [0.15, 0.2) is 17.3 Å². The molecule has 0 amide bonds. The van der Waals surface area contributed by atoms with Crippen LogP contribution in [-0.4, -0.2) is 20.0 Å². The van der Waals surface area contributed by atoms with E-state index in [1.54, 1.807) is 14.2 Å². The van der Waals surface area contributed by atoms with Crippen LogP contribution in [0.2, 0.25) is 0 Å². The Morgan fingerprint density at radius 1 is 0.964 bits per heavy atom. The van der Waals surface area contributed by atoms with E-state index in [0.717, 1.165) is 34.6 Å². The highest BCUT2D eigenvalue weighted by atomic mass is 16.5. The molecular formula is C23H26N2O3. The van der Waals surface area contributed by atoms with Crippen molar-refractivity contribution in [2.75, 3.05) is 24.9 Å². The molecule has 4 rings (SSSR count). The zero-order chi connectivity index (χ0) is 19.9. The van der Waals surface area contributed by atoms with Gasteiger partial charge in [-0.15, -0.1) is 0 Å². The Bertz CT molecular complexity index is 962. The third-order valence-corrected chi connectivity index (χ3v) is 5.46. The lowest BCUT2D eigenvalue weighted by molar-refractivity contribution is -0.118. The number of carbonyl (C=O) groups excluding carboxylic acids is 1. The molecule has 2 aliphatic rings. The molecule has 1 heterocycles. The van der Waals surface area contributed by atoms with Crippen LogP contribution in [0.25, 0.3) is 0 Å². The molecule has 2 aromatic carbocycles. The van der Waals surface area contributed by atoms with Crippen molar-refractivity contribution in [3.05, 3.63) is 59.3 Å². The Hall–Kier alpha value is -2.95. The van der Waals surface area contributed by atoms with Gasteiger partial charge in [-0.2, -0.15) is 0 Å². The highest BCUT2D eigenvalue weighted by Gasteiger charge is 2.38. The van der Waals surface area contributed by atoms with Gasteiger partial charge in [0.05, 0.1) is 31.6 Å². The summed E-state index contributed by atoms with van der Waals surface area (Å²) in [4.78, 5) is 13.2. The van der Waals surface area contributed by atoms with Gasteiger partial charge in [0.25, 0.3) is 0 Å². The lowest BCUT2D eigenvalue weighted by Crippen LogP contribution is -2.31. The predicted molar refractivity (Wildman–Crippen MR) is 111 cm³/mol. The van der Waals surface area contributed by atoms with Gasteiger partial charge in [-0.3, -0.25) is 4.79 Å². The maximum Gasteiger partial charge on any atom is 0.163 e. The van der Waals surface area contributed by atoms with Crippen molar-refractivity contribution in [2.45, 2.75) is 32.7 Å². The third-order valence-electron chi connectivity index (χ3n) is 5.46. The van der Waals surface area contributed by atoms with Crippen LogP contribution < -0.4 is 20.1 Å². The molecule has 0 saturated carbocycles. The highest BCUT2D eigenvalue weighted by molar-refractivity contribution is 6.01. The maximum atomic E-state index is 13.2. The van der Waals surface area contributed by atoms with Gasteiger partial charge in [0.1, 0.15) is 0 Å². The first-order valence-electron chi connectivity index (χ1n) is 9.52. The van der Waals surface area contributed by atoms with Crippen molar-refractivity contribution < 1.29 is 14.3 Å². The lowest BCUT2D eigenvalue weighted by atomic mass is 9.73. The number of Topliss-reactive ketones (excluding diaryl/α,β-unsaturated/α-hetero) is 1. The van der Waals surface area contributed by atoms with Crippen LogP contribution in [0.1, 0.15) is 38.3 Å². The first-order chi connectivity index (χ1) is 13.4. The summed E-state index contributed by atoms with van der Waals surface area (Å²) in [6, 6.07) is 13.6. The van der Waals surface area contributed by atoms with Crippen molar-refractivity contribution in [1.82, 2.24) is 0 Å². The minimum absolute atomic E-state index is 0.0651. The van der Waals surface area contributed by atoms with Crippen molar-refractivity contribution in [1.29, 1.82) is 0 Å². The number of hydrogen-bond acceptors (Lipinski definition) is 5. The molecule has 5 nitrogen and oxygen atoms in total. The van der Waals surface area contributed by atoms with Crippen molar-refractivity contribution in [3.63, 3.8) is 0 Å². The van der Waals surface area contributed by atoms with Crippen LogP contribution in [0.4, 0.5) is 11.4 Å². The minimum Gasteiger partial charge on any atom is -0.493 e. The van der Waals surface area contributed by atoms with Crippen LogP contribution in [0, 0.1) is 5.41 Å². The maximum absolute atomic E-state index is 13.2. The molecule has 1 atom stereocenters. The van der Waals surface area contributed by atoms with Gasteiger partial charge in [0, 0.05) is 17.7 Å². The monoisotopic (exact) mass is 378 g/mol. The average Bonchev–Trinajstić information content (AvgIpc) is 2.82. The number of nitrogens with one attached hydrogen (secondary N) is 2. The number of para-hydroxylation sites is 2. The molecule has 0 fully saturated rings. The van der Waals surface area contributed by atoms with E-state index in [2.05, 4.69) is 24.5 Å². The molecule has 5 heteroatoms. The first-order valence-corrected chi connectivity index (χ1v) is 9.52. The Balaban J connectivity index is 1.88. The molecule has 0 saturated heterocycles. The summed E-state index contributed by atoms with van der Waals surface area (Å²) in [6.07, 6.45) is 1.36. The van der Waals surface area contributed by atoms with Crippen molar-refractivity contribution >= 4 is 17.2 Å². The number of carbonyl (C=O) groups is 1. The molecule has 1 aliphatic carbocycles. The van der Waals surface area contributed by atoms with Gasteiger partial charge in [-0.05, 0) is 41.7 Å². The van der Waals surface area contributed by atoms with Crippen LogP contribution >= 0.6 is 0 Å². The SMILES string of the molecule is COc1ccc([C@H]2Nc3ccccc3NC3=C2C(=O)CC(C)(C)C3)cc1OC. The molecule has 2 N–H and O–H groups in total. The van der Waals surface area contributed by atoms with Crippen molar-refractivity contribution in [2.24, 2.45) is 5.41 Å². The normalized spacial score (nSPS) is 20.3. The highest BCUT2D eigenvalue weighted by Crippen LogP contribution is 2.46. The second kappa shape index (κ2) is 6.89. The van der Waals surface area contributed by atoms with Gasteiger partial charge in [0.2, 0.25) is 0 Å². The fourth-order valence-electron chi connectivity index (χ4n) is 4.17. The summed E-state index contributed by atoms with van der Waals surface area (Å²) in [5.41, 5.74) is 4.67. The largest absolute Gasteiger partial charge is 0.493 e. The zero-order valence-electron chi connectivity index (χ0n) is 16.8. The molecule has 28 heavy (non-hydrogen) atoms. The number of fused-ring (bicyclic) bond motifs is 1. The van der Waals surface area contributed by atoms with Crippen LogP contribution in [0.15, 0.2) is 53.7 Å². The molecule has 0 bridgehead atoms. The summed E-state index contributed by atoms with van der Waals surface area (Å²) in [5.74, 6) is 1.50. The molecule has 146 valence electrons. The van der Waals surface area contributed by atoms with Crippen molar-refractivity contribution in [3.8, 4) is 11.5 Å². The van der Waals surface area contributed by atoms with E-state index in [4.69, 9.17) is 9.47 Å². The third kappa shape index (κ3) is 3.21. The number of methoxy groups -OCH3 is 2. The van der Waals surface area contributed by atoms with E-state index in [1.807, 2.05) is 42.5 Å². The number of hydrogen-bond donors (Lipinski definition) is 2. The van der Waals surface area contributed by atoms with Gasteiger partial charge < -0.3 is 20.1 Å². The van der Waals surface area contributed by atoms with Crippen LogP contribution in [-0.2, 0) is 4.79 Å². The number of rotatable bonds is 3. The van der Waals surface area contributed by atoms with Crippen LogP contribution in [0.3, 0.4) is 0 Å². The Kier molecular flexibility index (Phi) is 4.53. The number of ether oxygens (including phenoxy) is 2. The topological polar surface area (TPSA) is 59.6 Å². The fourth-order valence-corrected chi connectivity index (χ4v) is 4.17. The summed E-state index contributed by atoms with van der Waals surface area (Å²) >= 11 is 0. The number of allylic oxidation sites excluding steroid dienone is 1. The van der Waals surface area contributed by atoms with E-state index < -0.39 is 0 Å². The lowest BCUT2D eigenvalue weighted by Gasteiger charge is -2.34. The molecule has 0 radical (unpaired) electrons. The number of benzene rings is 2. The smallest absolute Gasteiger partial charge is 0.163 e. The van der Waals surface area contributed by atoms with E-state index in [0.29, 0.717) is 17.9 Å². The zero-order valence-corrected chi connectivity index (χ0v) is 16.8. The van der Waals surface area contributed by atoms with E-state index in [-0.39, 0.29) is 17.2 Å². The molecule has 2 aromatic rings. The molecular weight excluding hydrogens is 352 g/mol. The quantitative estimate of drug-likeness (QED) is 0.793. The molecule has 0 spiro atoms. The molecule has 1 aliphatic heterocycles. The Morgan fingerprint density at radius 2 is 1.68 bits per heavy atom. The van der Waals surface area contributed by atoms with E-state index >= 15 is 0 Å². The molecule has 0 unspecified atom stereocenters. The Morgan fingerprint density at radius 3 is 2.39 bits per heavy atom. The first kappa shape index (κ1) is 18.4. The second-order valence-electron chi connectivity index (χ2n) is 8.20. The van der Waals surface area contributed by atoms with E-state index in [1.165, 1.54) is 0 Å². The van der Waals surface area contributed by atoms with Gasteiger partial charge in [-0.25, -0.2) is 0 Å². The fraction of sp³-hybridized carbons (Fsp3) is 0.348. The minimum atomic E-state index is -0.255. The van der Waals surface area contributed by atoms with Gasteiger partial charge in [-0.1, -0.05) is 32.0 Å². The second-order valence-corrected chi connectivity index (χ2v) is 8.20. The number of anilines is 2. The average molecular weight is 378 g/mol. The summed E-state index contributed by atoms with van der Waals surface area (Å²) in [7, 11) is 3.24. The van der Waals surface area contributed by atoms with Crippen LogP contribution in [0.5, 0.6) is 11.5 Å². The summed E-state index contributed by atoms with van der Waals surface area (Å²) in [5, 5.41) is 7.12. The van der Waals surface area contributed by atoms with E-state index in [9.17, 15) is 4.79 Å². The number of ketones is 1. The standard InChI is InChI=1S/C23H26N2O3/c1-23(2)12-17-21(18(26)13-23)22(25-16-8-6-5-7-15(16)24-17)14-9-10-19(27-3)20(11-14)28-4/h5-11,22,24-25H,12-13H2,1-4H3/t22-/m1/s1. The van der Waals surface area contributed by atoms with Gasteiger partial charge >= 0.3 is 0 Å².